The molecule has 0 bridgehead atoms. The van der Waals surface area contributed by atoms with Gasteiger partial charge in [-0.15, -0.1) is 0 Å². The van der Waals surface area contributed by atoms with E-state index in [-0.39, 0.29) is 10.8 Å². The minimum absolute atomic E-state index is 0.0300. The van der Waals surface area contributed by atoms with Crippen molar-refractivity contribution >= 4 is 0 Å². The molecular formula is C17H26N2. The van der Waals surface area contributed by atoms with Gasteiger partial charge < -0.3 is 5.32 Å². The van der Waals surface area contributed by atoms with Gasteiger partial charge in [0.1, 0.15) is 0 Å². The lowest BCUT2D eigenvalue weighted by Gasteiger charge is -2.30. The average Bonchev–Trinajstić information content (AvgIpc) is 2.27. The minimum Gasteiger partial charge on any atom is -0.304 e. The summed E-state index contributed by atoms with van der Waals surface area (Å²) in [5, 5.41) is 11.8. The maximum atomic E-state index is 8.63. The van der Waals surface area contributed by atoms with Crippen molar-refractivity contribution in [3.8, 4) is 6.07 Å². The van der Waals surface area contributed by atoms with Crippen LogP contribution in [-0.4, -0.2) is 13.1 Å². The minimum atomic E-state index is 0.0300. The lowest BCUT2D eigenvalue weighted by atomic mass is 9.77. The van der Waals surface area contributed by atoms with Crippen molar-refractivity contribution in [1.29, 1.82) is 5.26 Å². The molecule has 1 aromatic carbocycles. The number of rotatable bonds is 4. The van der Waals surface area contributed by atoms with E-state index in [2.05, 4.69) is 71.1 Å². The SMILES string of the molecule is Cc1ccc(C(C)(C)C)cc1C(C)(C)CNCC#N. The first-order valence-electron chi connectivity index (χ1n) is 6.88. The van der Waals surface area contributed by atoms with Crippen molar-refractivity contribution in [3.63, 3.8) is 0 Å². The van der Waals surface area contributed by atoms with E-state index >= 15 is 0 Å². The van der Waals surface area contributed by atoms with E-state index in [4.69, 9.17) is 5.26 Å². The highest BCUT2D eigenvalue weighted by Gasteiger charge is 2.24. The number of nitriles is 1. The second-order valence-corrected chi connectivity index (χ2v) is 6.93. The fourth-order valence-electron chi connectivity index (χ4n) is 2.34. The van der Waals surface area contributed by atoms with Crippen molar-refractivity contribution in [3.05, 3.63) is 34.9 Å². The Morgan fingerprint density at radius 1 is 1.16 bits per heavy atom. The highest BCUT2D eigenvalue weighted by Crippen LogP contribution is 2.31. The van der Waals surface area contributed by atoms with Crippen LogP contribution in [0.2, 0.25) is 0 Å². The van der Waals surface area contributed by atoms with E-state index < -0.39 is 0 Å². The van der Waals surface area contributed by atoms with E-state index in [1.807, 2.05) is 0 Å². The van der Waals surface area contributed by atoms with Crippen LogP contribution in [0.1, 0.15) is 51.3 Å². The fourth-order valence-corrected chi connectivity index (χ4v) is 2.34. The van der Waals surface area contributed by atoms with Crippen molar-refractivity contribution < 1.29 is 0 Å². The van der Waals surface area contributed by atoms with Gasteiger partial charge in [0.15, 0.2) is 0 Å². The highest BCUT2D eigenvalue weighted by atomic mass is 14.9. The molecule has 0 atom stereocenters. The Balaban J connectivity index is 3.08. The molecule has 0 spiro atoms. The van der Waals surface area contributed by atoms with Gasteiger partial charge in [0, 0.05) is 12.0 Å². The Morgan fingerprint density at radius 3 is 2.32 bits per heavy atom. The first-order chi connectivity index (χ1) is 8.68. The Kier molecular flexibility index (Phi) is 4.76. The Labute approximate surface area is 117 Å². The van der Waals surface area contributed by atoms with E-state index in [0.29, 0.717) is 6.54 Å². The van der Waals surface area contributed by atoms with E-state index in [1.165, 1.54) is 16.7 Å². The predicted octanol–water partition coefficient (Wildman–Crippen LogP) is 3.68. The van der Waals surface area contributed by atoms with Crippen molar-refractivity contribution in [2.24, 2.45) is 0 Å². The topological polar surface area (TPSA) is 35.8 Å². The molecule has 0 saturated carbocycles. The van der Waals surface area contributed by atoms with Gasteiger partial charge in [0.05, 0.1) is 12.6 Å². The van der Waals surface area contributed by atoms with Gasteiger partial charge in [-0.2, -0.15) is 5.26 Å². The van der Waals surface area contributed by atoms with Crippen LogP contribution in [0.25, 0.3) is 0 Å². The van der Waals surface area contributed by atoms with Gasteiger partial charge >= 0.3 is 0 Å². The largest absolute Gasteiger partial charge is 0.304 e. The molecule has 19 heavy (non-hydrogen) atoms. The molecule has 0 radical (unpaired) electrons. The summed E-state index contributed by atoms with van der Waals surface area (Å²) in [6.07, 6.45) is 0. The Morgan fingerprint density at radius 2 is 1.79 bits per heavy atom. The van der Waals surface area contributed by atoms with Crippen molar-refractivity contribution in [1.82, 2.24) is 5.32 Å². The Bertz CT molecular complexity index is 473. The molecule has 0 aromatic heterocycles. The van der Waals surface area contributed by atoms with Crippen molar-refractivity contribution in [2.75, 3.05) is 13.1 Å². The molecule has 1 aromatic rings. The van der Waals surface area contributed by atoms with E-state index in [1.54, 1.807) is 0 Å². The second kappa shape index (κ2) is 5.75. The van der Waals surface area contributed by atoms with Gasteiger partial charge in [-0.25, -0.2) is 0 Å². The maximum Gasteiger partial charge on any atom is 0.0841 e. The zero-order valence-corrected chi connectivity index (χ0v) is 13.1. The molecule has 0 unspecified atom stereocenters. The number of hydrogen-bond acceptors (Lipinski definition) is 2. The van der Waals surface area contributed by atoms with E-state index in [0.717, 1.165) is 6.54 Å². The van der Waals surface area contributed by atoms with Crippen LogP contribution in [0.4, 0.5) is 0 Å². The van der Waals surface area contributed by atoms with Crippen LogP contribution in [0.5, 0.6) is 0 Å². The first kappa shape index (κ1) is 15.7. The average molecular weight is 258 g/mol. The van der Waals surface area contributed by atoms with Gasteiger partial charge in [0.2, 0.25) is 0 Å². The summed E-state index contributed by atoms with van der Waals surface area (Å²) in [5.74, 6) is 0. The molecule has 0 heterocycles. The molecule has 0 saturated heterocycles. The molecule has 0 aliphatic rings. The fraction of sp³-hybridized carbons (Fsp3) is 0.588. The smallest absolute Gasteiger partial charge is 0.0841 e. The molecule has 0 fully saturated rings. The van der Waals surface area contributed by atoms with Gasteiger partial charge in [0.25, 0.3) is 0 Å². The lowest BCUT2D eigenvalue weighted by molar-refractivity contribution is 0.479. The van der Waals surface area contributed by atoms with Crippen LogP contribution < -0.4 is 5.32 Å². The molecule has 2 heteroatoms. The summed E-state index contributed by atoms with van der Waals surface area (Å²) >= 11 is 0. The summed E-state index contributed by atoms with van der Waals surface area (Å²) in [4.78, 5) is 0. The van der Waals surface area contributed by atoms with Crippen molar-refractivity contribution in [2.45, 2.75) is 52.4 Å². The maximum absolute atomic E-state index is 8.63. The molecule has 1 rings (SSSR count). The molecule has 0 amide bonds. The number of nitrogens with one attached hydrogen (secondary N) is 1. The number of hydrogen-bond donors (Lipinski definition) is 1. The third kappa shape index (κ3) is 4.08. The monoisotopic (exact) mass is 258 g/mol. The van der Waals surface area contributed by atoms with Gasteiger partial charge in [-0.1, -0.05) is 52.8 Å². The number of aryl methyl sites for hydroxylation is 1. The van der Waals surface area contributed by atoms with Crippen LogP contribution >= 0.6 is 0 Å². The second-order valence-electron chi connectivity index (χ2n) is 6.93. The summed E-state index contributed by atoms with van der Waals surface area (Å²) in [6, 6.07) is 8.88. The summed E-state index contributed by atoms with van der Waals surface area (Å²) in [5.41, 5.74) is 4.24. The van der Waals surface area contributed by atoms with Gasteiger partial charge in [-0.3, -0.25) is 0 Å². The number of benzene rings is 1. The molecule has 0 aliphatic carbocycles. The zero-order valence-electron chi connectivity index (χ0n) is 13.1. The summed E-state index contributed by atoms with van der Waals surface area (Å²) in [6.45, 7) is 14.6. The normalized spacial score (nSPS) is 12.3. The highest BCUT2D eigenvalue weighted by molar-refractivity contribution is 5.39. The first-order valence-corrected chi connectivity index (χ1v) is 6.88. The summed E-state index contributed by atoms with van der Waals surface area (Å²) in [7, 11) is 0. The van der Waals surface area contributed by atoms with Crippen LogP contribution in [0.15, 0.2) is 18.2 Å². The third-order valence-corrected chi connectivity index (χ3v) is 3.60. The molecular weight excluding hydrogens is 232 g/mol. The van der Waals surface area contributed by atoms with Crippen LogP contribution in [0, 0.1) is 18.3 Å². The van der Waals surface area contributed by atoms with Gasteiger partial charge in [-0.05, 0) is 29.0 Å². The zero-order chi connectivity index (χ0) is 14.7. The number of nitrogens with zero attached hydrogens (tertiary/aromatic N) is 1. The summed E-state index contributed by atoms with van der Waals surface area (Å²) < 4.78 is 0. The standard InChI is InChI=1S/C17H26N2/c1-13-7-8-14(16(2,3)4)11-15(13)17(5,6)12-19-10-9-18/h7-8,11,19H,10,12H2,1-6H3. The quantitative estimate of drug-likeness (QED) is 0.660. The third-order valence-electron chi connectivity index (χ3n) is 3.60. The lowest BCUT2D eigenvalue weighted by Crippen LogP contribution is -2.34. The Hall–Kier alpha value is -1.33. The van der Waals surface area contributed by atoms with Crippen LogP contribution in [-0.2, 0) is 10.8 Å². The predicted molar refractivity (Wildman–Crippen MR) is 81.4 cm³/mol. The molecule has 2 nitrogen and oxygen atoms in total. The van der Waals surface area contributed by atoms with Crippen LogP contribution in [0.3, 0.4) is 0 Å². The molecule has 104 valence electrons. The molecule has 0 aliphatic heterocycles. The van der Waals surface area contributed by atoms with E-state index in [9.17, 15) is 0 Å². The molecule has 1 N–H and O–H groups in total.